The van der Waals surface area contributed by atoms with Gasteiger partial charge in [0.1, 0.15) is 13.8 Å². The lowest BCUT2D eigenvalue weighted by atomic mass is 10.1. The number of likely N-dealkylation sites (N-methyl/N-ethyl adjacent to an activating group) is 1. The SMILES string of the molecule is C=[N+](C)CCN1CCN(CCCN2c3ccccc3Sc3ccc(C(=O)O)cc32)CC1. The molecule has 1 fully saturated rings. The lowest BCUT2D eigenvalue weighted by Crippen LogP contribution is -2.48. The molecule has 6 nitrogen and oxygen atoms in total. The van der Waals surface area contributed by atoms with E-state index in [0.717, 1.165) is 69.4 Å². The minimum Gasteiger partial charge on any atom is -0.478 e. The molecule has 4 rings (SSSR count). The Kier molecular flexibility index (Phi) is 6.95. The number of para-hydroxylation sites is 1. The van der Waals surface area contributed by atoms with Gasteiger partial charge in [-0.2, -0.15) is 0 Å². The van der Waals surface area contributed by atoms with Crippen molar-refractivity contribution in [2.24, 2.45) is 0 Å². The van der Waals surface area contributed by atoms with Crippen molar-refractivity contribution < 1.29 is 14.5 Å². The molecule has 2 aromatic carbocycles. The van der Waals surface area contributed by atoms with E-state index in [0.29, 0.717) is 5.56 Å². The number of aromatic carboxylic acids is 1. The van der Waals surface area contributed by atoms with Crippen LogP contribution in [0.2, 0.25) is 0 Å². The van der Waals surface area contributed by atoms with Crippen molar-refractivity contribution in [2.45, 2.75) is 16.2 Å². The number of carboxylic acid groups (broad SMARTS) is 1. The zero-order valence-corrected chi connectivity index (χ0v) is 19.0. The quantitative estimate of drug-likeness (QED) is 0.503. The van der Waals surface area contributed by atoms with Crippen molar-refractivity contribution in [3.8, 4) is 0 Å². The number of benzene rings is 2. The normalized spacial score (nSPS) is 16.6. The number of rotatable bonds is 8. The van der Waals surface area contributed by atoms with Crippen molar-refractivity contribution in [1.82, 2.24) is 9.80 Å². The third-order valence-electron chi connectivity index (χ3n) is 5.99. The first kappa shape index (κ1) is 21.9. The summed E-state index contributed by atoms with van der Waals surface area (Å²) >= 11 is 1.72. The van der Waals surface area contributed by atoms with Crippen molar-refractivity contribution in [3.05, 3.63) is 48.0 Å². The van der Waals surface area contributed by atoms with Crippen LogP contribution in [0.15, 0.2) is 52.3 Å². The Labute approximate surface area is 188 Å². The fourth-order valence-electron chi connectivity index (χ4n) is 4.20. The molecule has 164 valence electrons. The van der Waals surface area contributed by atoms with Gasteiger partial charge in [0, 0.05) is 42.5 Å². The van der Waals surface area contributed by atoms with Crippen LogP contribution in [-0.2, 0) is 0 Å². The molecular formula is C24H31N4O2S+. The van der Waals surface area contributed by atoms with Crippen LogP contribution in [0.5, 0.6) is 0 Å². The van der Waals surface area contributed by atoms with Gasteiger partial charge in [0.05, 0.1) is 23.5 Å². The lowest BCUT2D eigenvalue weighted by molar-refractivity contribution is -0.488. The summed E-state index contributed by atoms with van der Waals surface area (Å²) in [6.07, 6.45) is 1.04. The van der Waals surface area contributed by atoms with Gasteiger partial charge in [0.2, 0.25) is 0 Å². The summed E-state index contributed by atoms with van der Waals surface area (Å²) < 4.78 is 1.99. The molecule has 2 aromatic rings. The molecule has 0 amide bonds. The van der Waals surface area contributed by atoms with Gasteiger partial charge < -0.3 is 14.9 Å². The molecule has 1 N–H and O–H groups in total. The highest BCUT2D eigenvalue weighted by molar-refractivity contribution is 7.99. The second-order valence-corrected chi connectivity index (χ2v) is 9.41. The topological polar surface area (TPSA) is 50.0 Å². The second-order valence-electron chi connectivity index (χ2n) is 8.33. The fraction of sp³-hybridized carbons (Fsp3) is 0.417. The maximum Gasteiger partial charge on any atom is 0.335 e. The molecule has 0 atom stereocenters. The van der Waals surface area contributed by atoms with Gasteiger partial charge in [0.15, 0.2) is 6.54 Å². The van der Waals surface area contributed by atoms with Gasteiger partial charge >= 0.3 is 5.97 Å². The smallest absolute Gasteiger partial charge is 0.335 e. The first-order valence-electron chi connectivity index (χ1n) is 10.9. The summed E-state index contributed by atoms with van der Waals surface area (Å²) in [6, 6.07) is 13.9. The zero-order chi connectivity index (χ0) is 21.8. The number of carboxylic acids is 1. The Bertz CT molecular complexity index is 956. The third-order valence-corrected chi connectivity index (χ3v) is 7.12. The second kappa shape index (κ2) is 9.85. The van der Waals surface area contributed by atoms with E-state index in [1.165, 1.54) is 10.6 Å². The predicted octanol–water partition coefficient (Wildman–Crippen LogP) is 3.34. The minimum absolute atomic E-state index is 0.341. The highest BCUT2D eigenvalue weighted by Crippen LogP contribution is 2.48. The largest absolute Gasteiger partial charge is 0.478 e. The number of piperazine rings is 1. The van der Waals surface area contributed by atoms with E-state index in [1.54, 1.807) is 17.8 Å². The summed E-state index contributed by atoms with van der Waals surface area (Å²) in [5.41, 5.74) is 2.52. The number of anilines is 2. The molecule has 0 saturated carbocycles. The summed E-state index contributed by atoms with van der Waals surface area (Å²) in [4.78, 5) is 21.2. The maximum atomic E-state index is 11.5. The Hall–Kier alpha value is -2.35. The van der Waals surface area contributed by atoms with Crippen LogP contribution >= 0.6 is 11.8 Å². The average Bonchev–Trinajstić information content (AvgIpc) is 2.77. The van der Waals surface area contributed by atoms with Crippen molar-refractivity contribution in [1.29, 1.82) is 0 Å². The van der Waals surface area contributed by atoms with E-state index in [1.807, 2.05) is 23.8 Å². The number of nitrogens with zero attached hydrogens (tertiary/aromatic N) is 4. The summed E-state index contributed by atoms with van der Waals surface area (Å²) in [6.45, 7) is 12.4. The predicted molar refractivity (Wildman–Crippen MR) is 127 cm³/mol. The van der Waals surface area contributed by atoms with Crippen LogP contribution in [0.3, 0.4) is 0 Å². The van der Waals surface area contributed by atoms with Gasteiger partial charge in [0.25, 0.3) is 0 Å². The number of fused-ring (bicyclic) bond motifs is 2. The highest BCUT2D eigenvalue weighted by atomic mass is 32.2. The van der Waals surface area contributed by atoms with E-state index in [2.05, 4.69) is 45.7 Å². The van der Waals surface area contributed by atoms with Crippen LogP contribution in [0.25, 0.3) is 0 Å². The molecule has 7 heteroatoms. The van der Waals surface area contributed by atoms with Gasteiger partial charge in [-0.15, -0.1) is 0 Å². The summed E-state index contributed by atoms with van der Waals surface area (Å²) in [5, 5.41) is 9.46. The molecule has 0 bridgehead atoms. The number of carbonyl (C=O) groups is 1. The molecule has 31 heavy (non-hydrogen) atoms. The molecular weight excluding hydrogens is 408 g/mol. The Morgan fingerprint density at radius 1 is 1.00 bits per heavy atom. The Morgan fingerprint density at radius 2 is 1.68 bits per heavy atom. The zero-order valence-electron chi connectivity index (χ0n) is 18.2. The molecule has 2 aliphatic heterocycles. The first-order valence-corrected chi connectivity index (χ1v) is 11.7. The summed E-state index contributed by atoms with van der Waals surface area (Å²) in [7, 11) is 2.02. The number of hydrogen-bond donors (Lipinski definition) is 1. The molecule has 0 spiro atoms. The van der Waals surface area contributed by atoms with Crippen molar-refractivity contribution >= 4 is 35.8 Å². The van der Waals surface area contributed by atoms with E-state index >= 15 is 0 Å². The van der Waals surface area contributed by atoms with Crippen molar-refractivity contribution in [2.75, 3.05) is 64.3 Å². The van der Waals surface area contributed by atoms with Crippen LogP contribution in [-0.4, -0.2) is 91.6 Å². The van der Waals surface area contributed by atoms with E-state index in [-0.39, 0.29) is 0 Å². The molecule has 2 heterocycles. The Morgan fingerprint density at radius 3 is 2.39 bits per heavy atom. The monoisotopic (exact) mass is 439 g/mol. The Balaban J connectivity index is 1.39. The van der Waals surface area contributed by atoms with Crippen molar-refractivity contribution in [3.63, 3.8) is 0 Å². The van der Waals surface area contributed by atoms with Gasteiger partial charge in [-0.25, -0.2) is 9.37 Å². The average molecular weight is 440 g/mol. The van der Waals surface area contributed by atoms with Crippen LogP contribution < -0.4 is 4.90 Å². The molecule has 1 saturated heterocycles. The summed E-state index contributed by atoms with van der Waals surface area (Å²) in [5.74, 6) is -0.880. The molecule has 2 aliphatic rings. The van der Waals surface area contributed by atoms with Gasteiger partial charge in [-0.1, -0.05) is 23.9 Å². The number of hydrogen-bond acceptors (Lipinski definition) is 5. The minimum atomic E-state index is -0.880. The van der Waals surface area contributed by atoms with E-state index in [4.69, 9.17) is 0 Å². The molecule has 0 radical (unpaired) electrons. The maximum absolute atomic E-state index is 11.5. The standard InChI is InChI=1S/C24H30N4O2S/c1-25(2)12-13-27-16-14-26(15-17-27)10-5-11-28-20-6-3-4-7-22(20)31-23-9-8-19(24(29)30)18-21(23)28/h3-4,6-9,18H,1,5,10-17H2,2H3/p+1. The first-order chi connectivity index (χ1) is 15.0. The fourth-order valence-corrected chi connectivity index (χ4v) is 5.28. The van der Waals surface area contributed by atoms with Gasteiger partial charge in [-0.3, -0.25) is 4.90 Å². The molecule has 0 unspecified atom stereocenters. The lowest BCUT2D eigenvalue weighted by Gasteiger charge is -2.36. The third kappa shape index (κ3) is 5.29. The van der Waals surface area contributed by atoms with Crippen LogP contribution in [0.1, 0.15) is 16.8 Å². The van der Waals surface area contributed by atoms with Crippen LogP contribution in [0, 0.1) is 0 Å². The van der Waals surface area contributed by atoms with Crippen LogP contribution in [0.4, 0.5) is 11.4 Å². The molecule has 0 aliphatic carbocycles. The van der Waals surface area contributed by atoms with E-state index in [9.17, 15) is 9.90 Å². The van der Waals surface area contributed by atoms with E-state index < -0.39 is 5.97 Å². The molecule has 0 aromatic heterocycles. The highest BCUT2D eigenvalue weighted by Gasteiger charge is 2.25. The van der Waals surface area contributed by atoms with Gasteiger partial charge in [-0.05, 0) is 43.3 Å².